The molecular formula is C21H22N2O3. The molecule has 0 saturated heterocycles. The van der Waals surface area contributed by atoms with Crippen molar-refractivity contribution in [3.63, 3.8) is 0 Å². The van der Waals surface area contributed by atoms with Gasteiger partial charge in [-0.25, -0.2) is 0 Å². The summed E-state index contributed by atoms with van der Waals surface area (Å²) in [7, 11) is 0. The monoisotopic (exact) mass is 350 g/mol. The second-order valence-electron chi connectivity index (χ2n) is 6.79. The predicted molar refractivity (Wildman–Crippen MR) is 98.2 cm³/mol. The normalized spacial score (nSPS) is 17.3. The molecule has 0 saturated carbocycles. The number of aliphatic hydroxyl groups excluding tert-OH is 1. The third-order valence-electron chi connectivity index (χ3n) is 4.64. The molecule has 1 unspecified atom stereocenters. The lowest BCUT2D eigenvalue weighted by atomic mass is 9.89. The second-order valence-corrected chi connectivity index (χ2v) is 6.79. The number of aliphatic hydroxyl groups is 1. The molecule has 1 N–H and O–H groups in total. The lowest BCUT2D eigenvalue weighted by Gasteiger charge is -2.28. The number of carbonyl (C=O) groups is 2. The van der Waals surface area contributed by atoms with Crippen LogP contribution in [0, 0.1) is 12.8 Å². The first-order chi connectivity index (χ1) is 12.4. The number of aromatic nitrogens is 1. The standard InChI is InChI=1S/C21H22N2O3/c1-13(2)19(24)17-18(16-10-5-4-8-14(16)3)23(21(26)20(17)25)12-15-9-6-7-11-22-15/h4-11,13,18,25H,12H2,1-3H3. The zero-order chi connectivity index (χ0) is 18.8. The first kappa shape index (κ1) is 17.9. The predicted octanol–water partition coefficient (Wildman–Crippen LogP) is 3.51. The number of amides is 1. The Hall–Kier alpha value is -2.95. The van der Waals surface area contributed by atoms with Crippen molar-refractivity contribution in [1.29, 1.82) is 0 Å². The molecule has 1 aromatic carbocycles. The van der Waals surface area contributed by atoms with Crippen LogP contribution in [-0.2, 0) is 16.1 Å². The molecule has 26 heavy (non-hydrogen) atoms. The maximum Gasteiger partial charge on any atom is 0.290 e. The number of ketones is 1. The maximum absolute atomic E-state index is 12.8. The van der Waals surface area contributed by atoms with Gasteiger partial charge in [-0.3, -0.25) is 14.6 Å². The fourth-order valence-electron chi connectivity index (χ4n) is 3.26. The summed E-state index contributed by atoms with van der Waals surface area (Å²) >= 11 is 0. The zero-order valence-electron chi connectivity index (χ0n) is 15.1. The molecule has 1 atom stereocenters. The van der Waals surface area contributed by atoms with Crippen LogP contribution < -0.4 is 0 Å². The Bertz CT molecular complexity index is 872. The van der Waals surface area contributed by atoms with Crippen LogP contribution in [0.2, 0.25) is 0 Å². The minimum Gasteiger partial charge on any atom is -0.503 e. The van der Waals surface area contributed by atoms with Crippen LogP contribution in [0.3, 0.4) is 0 Å². The third-order valence-corrected chi connectivity index (χ3v) is 4.64. The summed E-state index contributed by atoms with van der Waals surface area (Å²) in [6, 6.07) is 12.5. The molecule has 134 valence electrons. The van der Waals surface area contributed by atoms with Crippen LogP contribution in [0.15, 0.2) is 60.0 Å². The van der Waals surface area contributed by atoms with Crippen molar-refractivity contribution >= 4 is 11.7 Å². The maximum atomic E-state index is 12.8. The van der Waals surface area contributed by atoms with Gasteiger partial charge in [0.05, 0.1) is 23.9 Å². The number of hydrogen-bond acceptors (Lipinski definition) is 4. The van der Waals surface area contributed by atoms with Crippen molar-refractivity contribution in [3.05, 3.63) is 76.8 Å². The van der Waals surface area contributed by atoms with Crippen LogP contribution in [0.4, 0.5) is 0 Å². The number of aryl methyl sites for hydroxylation is 1. The molecule has 1 aromatic heterocycles. The molecule has 0 radical (unpaired) electrons. The van der Waals surface area contributed by atoms with E-state index in [1.165, 1.54) is 4.90 Å². The van der Waals surface area contributed by atoms with Crippen LogP contribution in [0.5, 0.6) is 0 Å². The molecule has 0 spiro atoms. The van der Waals surface area contributed by atoms with E-state index >= 15 is 0 Å². The Morgan fingerprint density at radius 3 is 2.50 bits per heavy atom. The Balaban J connectivity index is 2.11. The van der Waals surface area contributed by atoms with Crippen molar-refractivity contribution in [2.24, 2.45) is 5.92 Å². The lowest BCUT2D eigenvalue weighted by molar-refractivity contribution is -0.130. The number of pyridine rings is 1. The SMILES string of the molecule is Cc1ccccc1C1C(C(=O)C(C)C)=C(O)C(=O)N1Cc1ccccn1. The lowest BCUT2D eigenvalue weighted by Crippen LogP contribution is -2.31. The van der Waals surface area contributed by atoms with Crippen LogP contribution >= 0.6 is 0 Å². The minimum atomic E-state index is -0.611. The van der Waals surface area contributed by atoms with Gasteiger partial charge in [-0.05, 0) is 30.2 Å². The van der Waals surface area contributed by atoms with Crippen molar-refractivity contribution in [2.45, 2.75) is 33.4 Å². The average molecular weight is 350 g/mol. The quantitative estimate of drug-likeness (QED) is 0.896. The van der Waals surface area contributed by atoms with Crippen molar-refractivity contribution in [2.75, 3.05) is 0 Å². The van der Waals surface area contributed by atoms with Gasteiger partial charge in [-0.1, -0.05) is 44.2 Å². The minimum absolute atomic E-state index is 0.176. The van der Waals surface area contributed by atoms with Crippen LogP contribution in [-0.4, -0.2) is 26.7 Å². The highest BCUT2D eigenvalue weighted by Crippen LogP contribution is 2.40. The highest BCUT2D eigenvalue weighted by Gasteiger charge is 2.44. The van der Waals surface area contributed by atoms with Gasteiger partial charge in [0.15, 0.2) is 11.5 Å². The number of hydrogen-bond donors (Lipinski definition) is 1. The summed E-state index contributed by atoms with van der Waals surface area (Å²) in [5.41, 5.74) is 2.67. The average Bonchev–Trinajstić information content (AvgIpc) is 2.87. The molecule has 0 fully saturated rings. The molecule has 1 aliphatic heterocycles. The summed E-state index contributed by atoms with van der Waals surface area (Å²) in [4.78, 5) is 31.4. The Morgan fingerprint density at radius 1 is 1.19 bits per heavy atom. The van der Waals surface area contributed by atoms with Gasteiger partial charge >= 0.3 is 0 Å². The fourth-order valence-corrected chi connectivity index (χ4v) is 3.26. The molecule has 5 nitrogen and oxygen atoms in total. The van der Waals surface area contributed by atoms with E-state index in [0.29, 0.717) is 5.69 Å². The summed E-state index contributed by atoms with van der Waals surface area (Å²) in [6.07, 6.45) is 1.66. The van der Waals surface area contributed by atoms with Crippen molar-refractivity contribution in [1.82, 2.24) is 9.88 Å². The van der Waals surface area contributed by atoms with Crippen molar-refractivity contribution < 1.29 is 14.7 Å². The molecular weight excluding hydrogens is 328 g/mol. The Kier molecular flexibility index (Phi) is 4.89. The molecule has 3 rings (SSSR count). The summed E-state index contributed by atoms with van der Waals surface area (Å²) in [5.74, 6) is -1.52. The fraction of sp³-hybridized carbons (Fsp3) is 0.286. The Labute approximate surface area is 153 Å². The van der Waals surface area contributed by atoms with E-state index in [2.05, 4.69) is 4.98 Å². The molecule has 5 heteroatoms. The summed E-state index contributed by atoms with van der Waals surface area (Å²) < 4.78 is 0. The van der Waals surface area contributed by atoms with Gasteiger partial charge in [0.25, 0.3) is 5.91 Å². The largest absolute Gasteiger partial charge is 0.503 e. The number of benzene rings is 1. The van der Waals surface area contributed by atoms with E-state index in [4.69, 9.17) is 0 Å². The molecule has 0 bridgehead atoms. The van der Waals surface area contributed by atoms with E-state index in [-0.39, 0.29) is 23.8 Å². The number of Topliss-reactive ketones (excluding diaryl/α,β-unsaturated/α-hetero) is 1. The zero-order valence-corrected chi connectivity index (χ0v) is 15.1. The van der Waals surface area contributed by atoms with Gasteiger partial charge in [0, 0.05) is 12.1 Å². The van der Waals surface area contributed by atoms with Gasteiger partial charge in [0.1, 0.15) is 0 Å². The van der Waals surface area contributed by atoms with Gasteiger partial charge in [-0.2, -0.15) is 0 Å². The molecule has 2 heterocycles. The highest BCUT2D eigenvalue weighted by molar-refractivity contribution is 6.09. The van der Waals surface area contributed by atoms with E-state index < -0.39 is 17.7 Å². The molecule has 1 aliphatic rings. The van der Waals surface area contributed by atoms with E-state index in [1.54, 1.807) is 26.1 Å². The molecule has 1 amide bonds. The van der Waals surface area contributed by atoms with Crippen LogP contribution in [0.25, 0.3) is 0 Å². The second kappa shape index (κ2) is 7.12. The van der Waals surface area contributed by atoms with E-state index in [1.807, 2.05) is 43.3 Å². The van der Waals surface area contributed by atoms with E-state index in [9.17, 15) is 14.7 Å². The van der Waals surface area contributed by atoms with E-state index in [0.717, 1.165) is 11.1 Å². The number of nitrogens with zero attached hydrogens (tertiary/aromatic N) is 2. The topological polar surface area (TPSA) is 70.5 Å². The first-order valence-electron chi connectivity index (χ1n) is 8.65. The summed E-state index contributed by atoms with van der Waals surface area (Å²) in [6.45, 7) is 5.69. The molecule has 2 aromatic rings. The summed E-state index contributed by atoms with van der Waals surface area (Å²) in [5, 5.41) is 10.5. The third kappa shape index (κ3) is 3.12. The first-order valence-corrected chi connectivity index (χ1v) is 8.65. The van der Waals surface area contributed by atoms with Crippen LogP contribution in [0.1, 0.15) is 36.7 Å². The Morgan fingerprint density at radius 2 is 1.88 bits per heavy atom. The van der Waals surface area contributed by atoms with Gasteiger partial charge < -0.3 is 10.0 Å². The van der Waals surface area contributed by atoms with Gasteiger partial charge in [-0.15, -0.1) is 0 Å². The van der Waals surface area contributed by atoms with Gasteiger partial charge in [0.2, 0.25) is 0 Å². The number of rotatable bonds is 5. The smallest absolute Gasteiger partial charge is 0.290 e. The van der Waals surface area contributed by atoms with Crippen molar-refractivity contribution in [3.8, 4) is 0 Å². The molecule has 0 aliphatic carbocycles. The number of carbonyl (C=O) groups excluding carboxylic acids is 2. The highest BCUT2D eigenvalue weighted by atomic mass is 16.3.